The number of anilines is 1. The number of aliphatic carboxylic acids is 2. The van der Waals surface area contributed by atoms with Crippen molar-refractivity contribution in [3.63, 3.8) is 0 Å². The average Bonchev–Trinajstić information content (AvgIpc) is 2.76. The van der Waals surface area contributed by atoms with Gasteiger partial charge in [-0.15, -0.1) is 11.8 Å². The third kappa shape index (κ3) is 5.64. The van der Waals surface area contributed by atoms with Crippen molar-refractivity contribution in [3.05, 3.63) is 41.6 Å². The molecule has 12 heteroatoms. The largest absolute Gasteiger partial charge is 0.480 e. The number of fused-ring (bicyclic) bond motifs is 1. The van der Waals surface area contributed by atoms with Crippen molar-refractivity contribution in [3.8, 4) is 0 Å². The first-order valence-electron chi connectivity index (χ1n) is 10.2. The smallest absolute Gasteiger partial charge is 0.352 e. The van der Waals surface area contributed by atoms with Crippen LogP contribution in [0.2, 0.25) is 0 Å². The Labute approximate surface area is 193 Å². The predicted molar refractivity (Wildman–Crippen MR) is 119 cm³/mol. The topological polar surface area (TPSA) is 165 Å². The lowest BCUT2D eigenvalue weighted by Gasteiger charge is -2.49. The minimum Gasteiger partial charge on any atom is -0.480 e. The predicted octanol–water partition coefficient (Wildman–Crippen LogP) is 1.19. The zero-order valence-corrected chi connectivity index (χ0v) is 18.6. The van der Waals surface area contributed by atoms with E-state index in [1.165, 1.54) is 16.7 Å². The van der Waals surface area contributed by atoms with Crippen LogP contribution in [0.5, 0.6) is 0 Å². The summed E-state index contributed by atoms with van der Waals surface area (Å²) >= 11 is 1.37. The van der Waals surface area contributed by atoms with Crippen LogP contribution in [0.1, 0.15) is 26.2 Å². The van der Waals surface area contributed by atoms with Crippen molar-refractivity contribution < 1.29 is 34.2 Å². The molecule has 1 saturated heterocycles. The van der Waals surface area contributed by atoms with Crippen molar-refractivity contribution in [1.29, 1.82) is 0 Å². The van der Waals surface area contributed by atoms with Crippen molar-refractivity contribution in [2.45, 2.75) is 43.6 Å². The molecule has 3 rings (SSSR count). The molecule has 11 nitrogen and oxygen atoms in total. The highest BCUT2D eigenvalue weighted by Crippen LogP contribution is 2.40. The molecule has 4 amide bonds. The van der Waals surface area contributed by atoms with Crippen molar-refractivity contribution >= 4 is 47.2 Å². The number of β-lactam (4-membered cyclic amide) rings is 1. The van der Waals surface area contributed by atoms with Crippen molar-refractivity contribution in [1.82, 2.24) is 15.5 Å². The SMILES string of the molecule is CC1=C(C(=O)O)N2C(=O)C(NC(=O)CCCC(NC(=O)Nc3ccccc3)C(=O)O)[C@@H]2SC1. The second-order valence-electron chi connectivity index (χ2n) is 7.64. The van der Waals surface area contributed by atoms with E-state index in [2.05, 4.69) is 16.0 Å². The number of urea groups is 1. The molecular weight excluding hydrogens is 452 g/mol. The fourth-order valence-corrected chi connectivity index (χ4v) is 4.88. The van der Waals surface area contributed by atoms with Crippen LogP contribution in [0.4, 0.5) is 10.5 Å². The van der Waals surface area contributed by atoms with Crippen LogP contribution in [-0.4, -0.2) is 68.1 Å². The molecule has 176 valence electrons. The van der Waals surface area contributed by atoms with Gasteiger partial charge in [-0.3, -0.25) is 14.5 Å². The highest BCUT2D eigenvalue weighted by atomic mass is 32.2. The molecule has 1 fully saturated rings. The van der Waals surface area contributed by atoms with Gasteiger partial charge in [0.25, 0.3) is 5.91 Å². The molecule has 0 spiro atoms. The van der Waals surface area contributed by atoms with Gasteiger partial charge in [0, 0.05) is 17.9 Å². The van der Waals surface area contributed by atoms with Gasteiger partial charge in [0.1, 0.15) is 23.2 Å². The second kappa shape index (κ2) is 10.4. The van der Waals surface area contributed by atoms with Gasteiger partial charge in [-0.05, 0) is 37.5 Å². The zero-order chi connectivity index (χ0) is 24.1. The number of amides is 4. The van der Waals surface area contributed by atoms with Gasteiger partial charge in [-0.2, -0.15) is 0 Å². The Kier molecular flexibility index (Phi) is 7.59. The summed E-state index contributed by atoms with van der Waals surface area (Å²) in [5.41, 5.74) is 1.05. The lowest BCUT2D eigenvalue weighted by Crippen LogP contribution is -2.70. The highest BCUT2D eigenvalue weighted by molar-refractivity contribution is 8.00. The molecule has 1 aromatic rings. The number of nitrogens with zero attached hydrogens (tertiary/aromatic N) is 1. The van der Waals surface area contributed by atoms with Gasteiger partial charge >= 0.3 is 18.0 Å². The first-order chi connectivity index (χ1) is 15.7. The number of thioether (sulfide) groups is 1. The Bertz CT molecular complexity index is 998. The molecule has 33 heavy (non-hydrogen) atoms. The number of carboxylic acid groups (broad SMARTS) is 2. The number of carbonyl (C=O) groups excluding carboxylic acids is 3. The molecule has 1 aromatic carbocycles. The monoisotopic (exact) mass is 476 g/mol. The van der Waals surface area contributed by atoms with Gasteiger partial charge in [0.05, 0.1) is 0 Å². The highest BCUT2D eigenvalue weighted by Gasteiger charge is 2.53. The maximum absolute atomic E-state index is 12.4. The molecule has 0 radical (unpaired) electrons. The number of carboxylic acids is 2. The van der Waals surface area contributed by atoms with Crippen LogP contribution < -0.4 is 16.0 Å². The van der Waals surface area contributed by atoms with Crippen LogP contribution >= 0.6 is 11.8 Å². The number of rotatable bonds is 9. The van der Waals surface area contributed by atoms with Gasteiger partial charge in [0.2, 0.25) is 5.91 Å². The van der Waals surface area contributed by atoms with Crippen LogP contribution in [0, 0.1) is 0 Å². The lowest BCUT2D eigenvalue weighted by molar-refractivity contribution is -0.150. The van der Waals surface area contributed by atoms with E-state index in [4.69, 9.17) is 0 Å². The number of carbonyl (C=O) groups is 5. The van der Waals surface area contributed by atoms with Gasteiger partial charge in [-0.1, -0.05) is 18.2 Å². The first kappa shape index (κ1) is 24.1. The van der Waals surface area contributed by atoms with Crippen LogP contribution in [0.15, 0.2) is 41.6 Å². The summed E-state index contributed by atoms with van der Waals surface area (Å²) in [5.74, 6) is -2.90. The van der Waals surface area contributed by atoms with Crippen molar-refractivity contribution in [2.75, 3.05) is 11.1 Å². The minimum atomic E-state index is -1.23. The third-order valence-corrected chi connectivity index (χ3v) is 6.63. The van der Waals surface area contributed by atoms with Crippen LogP contribution in [0.3, 0.4) is 0 Å². The summed E-state index contributed by atoms with van der Waals surface area (Å²) in [6.45, 7) is 1.65. The normalized spacial score (nSPS) is 20.3. The maximum Gasteiger partial charge on any atom is 0.352 e. The first-order valence-corrected chi connectivity index (χ1v) is 11.3. The van der Waals surface area contributed by atoms with E-state index in [-0.39, 0.29) is 25.0 Å². The second-order valence-corrected chi connectivity index (χ2v) is 8.74. The Morgan fingerprint density at radius 1 is 1.18 bits per heavy atom. The molecule has 3 atom stereocenters. The Morgan fingerprint density at radius 3 is 2.52 bits per heavy atom. The molecule has 0 bridgehead atoms. The molecule has 2 unspecified atom stereocenters. The number of benzene rings is 1. The van der Waals surface area contributed by atoms with E-state index in [0.717, 1.165) is 0 Å². The fraction of sp³-hybridized carbons (Fsp3) is 0.381. The maximum atomic E-state index is 12.4. The minimum absolute atomic E-state index is 0.0129. The summed E-state index contributed by atoms with van der Waals surface area (Å²) in [7, 11) is 0. The zero-order valence-electron chi connectivity index (χ0n) is 17.7. The molecule has 0 aliphatic carbocycles. The van der Waals surface area contributed by atoms with Crippen LogP contribution in [-0.2, 0) is 19.2 Å². The fourth-order valence-electron chi connectivity index (χ4n) is 3.59. The van der Waals surface area contributed by atoms with Crippen LogP contribution in [0.25, 0.3) is 0 Å². The Morgan fingerprint density at radius 2 is 1.88 bits per heavy atom. The van der Waals surface area contributed by atoms with Gasteiger partial charge in [0.15, 0.2) is 0 Å². The molecule has 0 aromatic heterocycles. The van der Waals surface area contributed by atoms with Gasteiger partial charge < -0.3 is 26.2 Å². The van der Waals surface area contributed by atoms with E-state index >= 15 is 0 Å². The van der Waals surface area contributed by atoms with Crippen molar-refractivity contribution in [2.24, 2.45) is 0 Å². The summed E-state index contributed by atoms with van der Waals surface area (Å²) in [4.78, 5) is 60.8. The van der Waals surface area contributed by atoms with E-state index in [1.807, 2.05) is 0 Å². The number of nitrogens with one attached hydrogen (secondary N) is 3. The lowest BCUT2D eigenvalue weighted by atomic mass is 10.0. The molecule has 0 saturated carbocycles. The summed E-state index contributed by atoms with van der Waals surface area (Å²) < 4.78 is 0. The molecule has 2 aliphatic rings. The van der Waals surface area contributed by atoms with E-state index < -0.39 is 47.2 Å². The summed E-state index contributed by atoms with van der Waals surface area (Å²) in [6, 6.07) is 5.84. The quantitative estimate of drug-likeness (QED) is 0.332. The summed E-state index contributed by atoms with van der Waals surface area (Å²) in [5, 5.41) is 25.7. The van der Waals surface area contributed by atoms with E-state index in [1.54, 1.807) is 37.3 Å². The molecular formula is C21H24N4O7S. The Balaban J connectivity index is 1.45. The standard InChI is InChI=1S/C21H24N4O7S/c1-11-10-33-18-15(17(27)25(18)16(11)20(30)31)24-14(26)9-5-8-13(19(28)29)23-21(32)22-12-6-3-2-4-7-12/h2-4,6-7,13,15,18H,5,8-10H2,1H3,(H,24,26)(H,28,29)(H,30,31)(H2,22,23,32)/t13?,15?,18-/m0/s1. The summed E-state index contributed by atoms with van der Waals surface area (Å²) in [6.07, 6.45) is 0.128. The van der Waals surface area contributed by atoms with E-state index in [0.29, 0.717) is 17.0 Å². The Hall–Kier alpha value is -3.54. The number of hydrogen-bond acceptors (Lipinski definition) is 6. The van der Waals surface area contributed by atoms with Gasteiger partial charge in [-0.25, -0.2) is 14.4 Å². The number of hydrogen-bond donors (Lipinski definition) is 5. The molecule has 5 N–H and O–H groups in total. The third-order valence-electron chi connectivity index (χ3n) is 5.21. The van der Waals surface area contributed by atoms with E-state index in [9.17, 15) is 34.2 Å². The number of para-hydroxylation sites is 1. The molecule has 2 aliphatic heterocycles. The molecule has 2 heterocycles. The average molecular weight is 477 g/mol.